The van der Waals surface area contributed by atoms with Crippen molar-refractivity contribution in [2.75, 3.05) is 6.54 Å². The lowest BCUT2D eigenvalue weighted by Crippen LogP contribution is -2.35. The number of phenolic OH excluding ortho intramolecular Hbond substituents is 1. The van der Waals surface area contributed by atoms with Crippen molar-refractivity contribution in [1.82, 2.24) is 5.32 Å². The molecule has 2 nitrogen and oxygen atoms in total. The van der Waals surface area contributed by atoms with Crippen LogP contribution in [0.5, 0.6) is 5.75 Å². The SMILES string of the molecule is Br.CCCCCCCCCCCCCCNC1CCc2ccc(O)cc2C1. The maximum absolute atomic E-state index is 9.65. The third-order valence-corrected chi connectivity index (χ3v) is 5.88. The summed E-state index contributed by atoms with van der Waals surface area (Å²) < 4.78 is 0. The standard InChI is InChI=1S/C24H41NO.BrH/c1-2-3-4-5-6-7-8-9-10-11-12-13-18-25-23-16-14-21-15-17-24(26)20-22(21)19-23;/h15,17,20,23,25-26H,2-14,16,18-19H2,1H3;1H. The Labute approximate surface area is 178 Å². The molecular weight excluding hydrogens is 398 g/mol. The van der Waals surface area contributed by atoms with E-state index in [9.17, 15) is 5.11 Å². The molecule has 1 atom stereocenters. The van der Waals surface area contributed by atoms with E-state index < -0.39 is 0 Å². The first-order valence-corrected chi connectivity index (χ1v) is 11.3. The van der Waals surface area contributed by atoms with Crippen molar-refractivity contribution in [3.63, 3.8) is 0 Å². The fourth-order valence-corrected chi connectivity index (χ4v) is 4.19. The molecule has 27 heavy (non-hydrogen) atoms. The summed E-state index contributed by atoms with van der Waals surface area (Å²) in [6.45, 7) is 3.44. The Balaban J connectivity index is 0.00000364. The van der Waals surface area contributed by atoms with Gasteiger partial charge in [-0.25, -0.2) is 0 Å². The highest BCUT2D eigenvalue weighted by Gasteiger charge is 2.18. The summed E-state index contributed by atoms with van der Waals surface area (Å²) in [5.41, 5.74) is 2.76. The van der Waals surface area contributed by atoms with Crippen LogP contribution >= 0.6 is 17.0 Å². The Hall–Kier alpha value is -0.540. The van der Waals surface area contributed by atoms with Gasteiger partial charge >= 0.3 is 0 Å². The molecule has 0 bridgehead atoms. The van der Waals surface area contributed by atoms with Gasteiger partial charge in [-0.3, -0.25) is 0 Å². The highest BCUT2D eigenvalue weighted by molar-refractivity contribution is 8.93. The Morgan fingerprint density at radius 2 is 1.44 bits per heavy atom. The molecule has 2 N–H and O–H groups in total. The summed E-state index contributed by atoms with van der Waals surface area (Å²) in [7, 11) is 0. The number of hydrogen-bond donors (Lipinski definition) is 2. The largest absolute Gasteiger partial charge is 0.508 e. The smallest absolute Gasteiger partial charge is 0.115 e. The van der Waals surface area contributed by atoms with Crippen LogP contribution in [0.1, 0.15) is 102 Å². The van der Waals surface area contributed by atoms with E-state index in [1.807, 2.05) is 12.1 Å². The predicted molar refractivity (Wildman–Crippen MR) is 123 cm³/mol. The maximum Gasteiger partial charge on any atom is 0.115 e. The number of nitrogens with one attached hydrogen (secondary N) is 1. The predicted octanol–water partition coefficient (Wildman–Crippen LogP) is 7.12. The Bertz CT molecular complexity index is 491. The molecule has 1 aromatic rings. The van der Waals surface area contributed by atoms with Crippen LogP contribution in [0.3, 0.4) is 0 Å². The van der Waals surface area contributed by atoms with Gasteiger partial charge in [0.05, 0.1) is 0 Å². The second kappa shape index (κ2) is 15.4. The summed E-state index contributed by atoms with van der Waals surface area (Å²) in [5, 5.41) is 13.4. The summed E-state index contributed by atoms with van der Waals surface area (Å²) in [6.07, 6.45) is 20.4. The van der Waals surface area contributed by atoms with Gasteiger partial charge in [0.15, 0.2) is 0 Å². The zero-order valence-electron chi connectivity index (χ0n) is 17.5. The van der Waals surface area contributed by atoms with Crippen LogP contribution in [-0.4, -0.2) is 17.7 Å². The van der Waals surface area contributed by atoms with Crippen LogP contribution in [0.15, 0.2) is 18.2 Å². The summed E-state index contributed by atoms with van der Waals surface area (Å²) in [5.74, 6) is 0.408. The maximum atomic E-state index is 9.65. The van der Waals surface area contributed by atoms with Gasteiger partial charge in [0.25, 0.3) is 0 Å². The molecule has 2 rings (SSSR count). The Morgan fingerprint density at radius 3 is 2.07 bits per heavy atom. The van der Waals surface area contributed by atoms with Gasteiger partial charge in [0.2, 0.25) is 0 Å². The van der Waals surface area contributed by atoms with Crippen molar-refractivity contribution >= 4 is 17.0 Å². The van der Waals surface area contributed by atoms with E-state index in [4.69, 9.17) is 0 Å². The van der Waals surface area contributed by atoms with E-state index in [0.717, 1.165) is 19.4 Å². The molecule has 0 saturated carbocycles. The quantitative estimate of drug-likeness (QED) is 0.302. The first-order valence-electron chi connectivity index (χ1n) is 11.3. The van der Waals surface area contributed by atoms with Crippen LogP contribution in [-0.2, 0) is 12.8 Å². The van der Waals surface area contributed by atoms with Crippen LogP contribution in [0.2, 0.25) is 0 Å². The molecule has 1 unspecified atom stereocenters. The van der Waals surface area contributed by atoms with Crippen LogP contribution in [0.25, 0.3) is 0 Å². The second-order valence-electron chi connectivity index (χ2n) is 8.24. The zero-order chi connectivity index (χ0) is 18.5. The molecule has 1 aliphatic carbocycles. The minimum Gasteiger partial charge on any atom is -0.508 e. The molecule has 0 aliphatic heterocycles. The van der Waals surface area contributed by atoms with Crippen LogP contribution in [0.4, 0.5) is 0 Å². The van der Waals surface area contributed by atoms with Crippen molar-refractivity contribution in [3.8, 4) is 5.75 Å². The summed E-state index contributed by atoms with van der Waals surface area (Å²) >= 11 is 0. The summed E-state index contributed by atoms with van der Waals surface area (Å²) in [4.78, 5) is 0. The Morgan fingerprint density at radius 1 is 0.852 bits per heavy atom. The first-order chi connectivity index (χ1) is 12.8. The lowest BCUT2D eigenvalue weighted by molar-refractivity contribution is 0.440. The fourth-order valence-electron chi connectivity index (χ4n) is 4.19. The molecule has 0 spiro atoms. The molecule has 0 fully saturated rings. The molecular formula is C24H42BrNO. The number of hydrogen-bond acceptors (Lipinski definition) is 2. The van der Waals surface area contributed by atoms with Gasteiger partial charge in [0.1, 0.15) is 5.75 Å². The van der Waals surface area contributed by atoms with Crippen molar-refractivity contribution in [2.24, 2.45) is 0 Å². The number of halogens is 1. The summed E-state index contributed by atoms with van der Waals surface area (Å²) in [6, 6.07) is 6.45. The number of fused-ring (bicyclic) bond motifs is 1. The number of unbranched alkanes of at least 4 members (excludes halogenated alkanes) is 11. The third kappa shape index (κ3) is 10.5. The molecule has 0 saturated heterocycles. The first kappa shape index (κ1) is 24.5. The van der Waals surface area contributed by atoms with Crippen molar-refractivity contribution in [3.05, 3.63) is 29.3 Å². The van der Waals surface area contributed by atoms with Gasteiger partial charge < -0.3 is 10.4 Å². The van der Waals surface area contributed by atoms with E-state index in [-0.39, 0.29) is 17.0 Å². The number of benzene rings is 1. The molecule has 3 heteroatoms. The average Bonchev–Trinajstić information content (AvgIpc) is 2.65. The number of rotatable bonds is 14. The normalized spacial score (nSPS) is 16.0. The molecule has 0 heterocycles. The number of phenols is 1. The topological polar surface area (TPSA) is 32.3 Å². The molecule has 1 aromatic carbocycles. The number of aryl methyl sites for hydroxylation is 1. The average molecular weight is 441 g/mol. The highest BCUT2D eigenvalue weighted by atomic mass is 79.9. The Kier molecular flexibility index (Phi) is 14.0. The van der Waals surface area contributed by atoms with Crippen LogP contribution in [0, 0.1) is 0 Å². The van der Waals surface area contributed by atoms with E-state index in [1.54, 1.807) is 0 Å². The monoisotopic (exact) mass is 439 g/mol. The fraction of sp³-hybridized carbons (Fsp3) is 0.750. The van der Waals surface area contributed by atoms with Crippen molar-refractivity contribution < 1.29 is 5.11 Å². The van der Waals surface area contributed by atoms with E-state index in [1.165, 1.54) is 94.6 Å². The van der Waals surface area contributed by atoms with Gasteiger partial charge in [-0.2, -0.15) is 0 Å². The third-order valence-electron chi connectivity index (χ3n) is 5.88. The second-order valence-corrected chi connectivity index (χ2v) is 8.24. The molecule has 156 valence electrons. The van der Waals surface area contributed by atoms with E-state index in [0.29, 0.717) is 11.8 Å². The van der Waals surface area contributed by atoms with Crippen molar-refractivity contribution in [1.29, 1.82) is 0 Å². The number of aromatic hydroxyl groups is 1. The molecule has 0 amide bonds. The molecule has 0 aromatic heterocycles. The van der Waals surface area contributed by atoms with Crippen LogP contribution < -0.4 is 5.32 Å². The lowest BCUT2D eigenvalue weighted by atomic mass is 9.88. The van der Waals surface area contributed by atoms with Gasteiger partial charge in [0, 0.05) is 6.04 Å². The van der Waals surface area contributed by atoms with Gasteiger partial charge in [-0.05, 0) is 55.5 Å². The minimum atomic E-state index is 0. The van der Waals surface area contributed by atoms with Gasteiger partial charge in [-0.1, -0.05) is 83.6 Å². The lowest BCUT2D eigenvalue weighted by Gasteiger charge is -2.25. The zero-order valence-corrected chi connectivity index (χ0v) is 19.2. The minimum absolute atomic E-state index is 0. The molecule has 0 radical (unpaired) electrons. The molecule has 1 aliphatic rings. The van der Waals surface area contributed by atoms with E-state index >= 15 is 0 Å². The van der Waals surface area contributed by atoms with Gasteiger partial charge in [-0.15, -0.1) is 17.0 Å². The van der Waals surface area contributed by atoms with Crippen molar-refractivity contribution in [2.45, 2.75) is 109 Å². The highest BCUT2D eigenvalue weighted by Crippen LogP contribution is 2.25. The van der Waals surface area contributed by atoms with E-state index in [2.05, 4.69) is 18.3 Å².